The van der Waals surface area contributed by atoms with Gasteiger partial charge in [0.15, 0.2) is 0 Å². The van der Waals surface area contributed by atoms with E-state index in [2.05, 4.69) is 0 Å². The Bertz CT molecular complexity index is 558. The molecule has 1 N–H and O–H groups in total. The predicted molar refractivity (Wildman–Crippen MR) is 73.6 cm³/mol. The quantitative estimate of drug-likeness (QED) is 0.673. The van der Waals surface area contributed by atoms with Gasteiger partial charge in [0.05, 0.1) is 20.1 Å². The largest absolute Gasteiger partial charge is 0.506 e. The lowest BCUT2D eigenvalue weighted by Gasteiger charge is -2.08. The molecule has 0 aromatic heterocycles. The lowest BCUT2D eigenvalue weighted by atomic mass is 10.1. The van der Waals surface area contributed by atoms with Gasteiger partial charge in [0.25, 0.3) is 0 Å². The first-order chi connectivity index (χ1) is 8.00. The molecule has 5 heteroatoms. The molecule has 0 radical (unpaired) electrons. The molecule has 0 fully saturated rings. The highest BCUT2D eigenvalue weighted by atomic mass is 35.5. The number of phenolic OH excluding ortho intramolecular Hbond substituents is 1. The van der Waals surface area contributed by atoms with E-state index in [9.17, 15) is 5.11 Å². The van der Waals surface area contributed by atoms with Crippen LogP contribution in [0.5, 0.6) is 5.75 Å². The summed E-state index contributed by atoms with van der Waals surface area (Å²) in [5.74, 6) is 0.00589. The van der Waals surface area contributed by atoms with Crippen LogP contribution in [-0.4, -0.2) is 5.11 Å². The lowest BCUT2D eigenvalue weighted by Crippen LogP contribution is -1.82. The van der Waals surface area contributed by atoms with Crippen LogP contribution >= 0.6 is 46.4 Å². The van der Waals surface area contributed by atoms with Crippen LogP contribution < -0.4 is 0 Å². The van der Waals surface area contributed by atoms with Gasteiger partial charge in [-0.05, 0) is 23.8 Å². The summed E-state index contributed by atoms with van der Waals surface area (Å²) in [7, 11) is 0. The molecule has 1 nitrogen and oxygen atoms in total. The molecule has 0 unspecified atom stereocenters. The van der Waals surface area contributed by atoms with Gasteiger partial charge in [-0.15, -0.1) is 0 Å². The maximum absolute atomic E-state index is 9.53. The van der Waals surface area contributed by atoms with Gasteiger partial charge in [-0.2, -0.15) is 0 Å². The summed E-state index contributed by atoms with van der Waals surface area (Å²) >= 11 is 23.7. The second-order valence-corrected chi connectivity index (χ2v) is 4.96. The van der Waals surface area contributed by atoms with E-state index in [4.69, 9.17) is 46.4 Å². The van der Waals surface area contributed by atoms with Crippen molar-refractivity contribution in [3.8, 4) is 16.9 Å². The molecule has 0 heterocycles. The first-order valence-corrected chi connectivity index (χ1v) is 6.14. The van der Waals surface area contributed by atoms with Gasteiger partial charge in [0.2, 0.25) is 0 Å². The summed E-state index contributed by atoms with van der Waals surface area (Å²) in [4.78, 5) is 0. The fraction of sp³-hybridized carbons (Fsp3) is 0. The Labute approximate surface area is 118 Å². The number of phenols is 1. The van der Waals surface area contributed by atoms with E-state index in [0.29, 0.717) is 26.2 Å². The summed E-state index contributed by atoms with van der Waals surface area (Å²) in [5.41, 5.74) is 1.34. The van der Waals surface area contributed by atoms with Crippen molar-refractivity contribution in [2.75, 3.05) is 0 Å². The monoisotopic (exact) mass is 306 g/mol. The number of halogens is 4. The molecule has 2 rings (SSSR count). The standard InChI is InChI=1S/C12H6Cl4O/c13-8-4-6(5-9(14)12(8)16)7-2-1-3-10(17)11(7)15/h1-5,17H. The van der Waals surface area contributed by atoms with Gasteiger partial charge >= 0.3 is 0 Å². The first-order valence-electron chi connectivity index (χ1n) is 4.63. The van der Waals surface area contributed by atoms with Crippen LogP contribution in [-0.2, 0) is 0 Å². The second-order valence-electron chi connectivity index (χ2n) is 3.39. The fourth-order valence-corrected chi connectivity index (χ4v) is 2.29. The van der Waals surface area contributed by atoms with E-state index < -0.39 is 0 Å². The minimum absolute atomic E-state index is 0.00589. The average molecular weight is 308 g/mol. The van der Waals surface area contributed by atoms with Crippen LogP contribution in [0.4, 0.5) is 0 Å². The Morgan fingerprint density at radius 2 is 1.41 bits per heavy atom. The number of aromatic hydroxyl groups is 1. The Hall–Kier alpha value is -0.600. The van der Waals surface area contributed by atoms with Gasteiger partial charge in [-0.3, -0.25) is 0 Å². The molecule has 0 aliphatic rings. The van der Waals surface area contributed by atoms with E-state index in [-0.39, 0.29) is 10.8 Å². The molecule has 2 aromatic carbocycles. The average Bonchev–Trinajstić information content (AvgIpc) is 2.29. The van der Waals surface area contributed by atoms with Crippen LogP contribution in [0.2, 0.25) is 20.1 Å². The summed E-state index contributed by atoms with van der Waals surface area (Å²) in [6, 6.07) is 8.25. The topological polar surface area (TPSA) is 20.2 Å². The second kappa shape index (κ2) is 4.95. The van der Waals surface area contributed by atoms with Crippen molar-refractivity contribution < 1.29 is 5.11 Å². The normalized spacial score (nSPS) is 10.6. The van der Waals surface area contributed by atoms with Crippen molar-refractivity contribution in [3.05, 3.63) is 50.4 Å². The molecule has 0 spiro atoms. The molecule has 0 bridgehead atoms. The van der Waals surface area contributed by atoms with E-state index in [1.165, 1.54) is 6.07 Å². The Morgan fingerprint density at radius 3 is 2.00 bits per heavy atom. The third-order valence-corrected chi connectivity index (χ3v) is 3.87. The van der Waals surface area contributed by atoms with Crippen LogP contribution in [0.1, 0.15) is 0 Å². The SMILES string of the molecule is Oc1cccc(-c2cc(Cl)c(Cl)c(Cl)c2)c1Cl. The summed E-state index contributed by atoms with van der Waals surface area (Å²) < 4.78 is 0. The molecule has 0 aliphatic heterocycles. The van der Waals surface area contributed by atoms with Gasteiger partial charge in [0.1, 0.15) is 5.75 Å². The van der Waals surface area contributed by atoms with Crippen LogP contribution in [0.3, 0.4) is 0 Å². The third-order valence-electron chi connectivity index (χ3n) is 2.27. The van der Waals surface area contributed by atoms with Crippen LogP contribution in [0.25, 0.3) is 11.1 Å². The third kappa shape index (κ3) is 2.48. The molecule has 88 valence electrons. The zero-order chi connectivity index (χ0) is 12.6. The number of benzene rings is 2. The molecular weight excluding hydrogens is 302 g/mol. The number of rotatable bonds is 1. The van der Waals surface area contributed by atoms with E-state index >= 15 is 0 Å². The summed E-state index contributed by atoms with van der Waals surface area (Å²) in [5, 5.41) is 10.8. The Kier molecular flexibility index (Phi) is 3.74. The van der Waals surface area contributed by atoms with E-state index in [1.54, 1.807) is 24.3 Å². The predicted octanol–water partition coefficient (Wildman–Crippen LogP) is 5.67. The fourth-order valence-electron chi connectivity index (χ4n) is 1.45. The van der Waals surface area contributed by atoms with Crippen molar-refractivity contribution in [1.82, 2.24) is 0 Å². The van der Waals surface area contributed by atoms with Crippen LogP contribution in [0.15, 0.2) is 30.3 Å². The molecule has 0 atom stereocenters. The molecule has 0 saturated carbocycles. The maximum atomic E-state index is 9.53. The minimum Gasteiger partial charge on any atom is -0.506 e. The Morgan fingerprint density at radius 1 is 0.824 bits per heavy atom. The van der Waals surface area contributed by atoms with E-state index in [0.717, 1.165) is 0 Å². The number of hydrogen-bond acceptors (Lipinski definition) is 1. The molecule has 17 heavy (non-hydrogen) atoms. The van der Waals surface area contributed by atoms with Crippen molar-refractivity contribution in [1.29, 1.82) is 0 Å². The molecule has 0 saturated heterocycles. The van der Waals surface area contributed by atoms with Crippen molar-refractivity contribution in [2.24, 2.45) is 0 Å². The highest BCUT2D eigenvalue weighted by Crippen LogP contribution is 2.39. The molecule has 0 amide bonds. The smallest absolute Gasteiger partial charge is 0.134 e. The minimum atomic E-state index is 0.00589. The number of hydrogen-bond donors (Lipinski definition) is 1. The van der Waals surface area contributed by atoms with Gasteiger partial charge in [0, 0.05) is 5.56 Å². The zero-order valence-corrected chi connectivity index (χ0v) is 11.4. The molecule has 2 aromatic rings. The summed E-state index contributed by atoms with van der Waals surface area (Å²) in [6.07, 6.45) is 0. The van der Waals surface area contributed by atoms with Gasteiger partial charge < -0.3 is 5.11 Å². The molecular formula is C12H6Cl4O. The lowest BCUT2D eigenvalue weighted by molar-refractivity contribution is 0.476. The van der Waals surface area contributed by atoms with Crippen molar-refractivity contribution in [2.45, 2.75) is 0 Å². The van der Waals surface area contributed by atoms with Crippen molar-refractivity contribution in [3.63, 3.8) is 0 Å². The summed E-state index contributed by atoms with van der Waals surface area (Å²) in [6.45, 7) is 0. The van der Waals surface area contributed by atoms with Crippen molar-refractivity contribution >= 4 is 46.4 Å². The highest BCUT2D eigenvalue weighted by Gasteiger charge is 2.11. The van der Waals surface area contributed by atoms with Gasteiger partial charge in [-0.1, -0.05) is 58.5 Å². The highest BCUT2D eigenvalue weighted by molar-refractivity contribution is 6.48. The molecule has 0 aliphatic carbocycles. The van der Waals surface area contributed by atoms with E-state index in [1.807, 2.05) is 0 Å². The zero-order valence-electron chi connectivity index (χ0n) is 8.35. The maximum Gasteiger partial charge on any atom is 0.134 e. The van der Waals surface area contributed by atoms with Crippen LogP contribution in [0, 0.1) is 0 Å². The van der Waals surface area contributed by atoms with Gasteiger partial charge in [-0.25, -0.2) is 0 Å². The first kappa shape index (κ1) is 12.8. The Balaban J connectivity index is 2.65.